The van der Waals surface area contributed by atoms with Gasteiger partial charge in [-0.15, -0.1) is 0 Å². The van der Waals surface area contributed by atoms with Crippen LogP contribution in [0, 0.1) is 0 Å². The molecule has 4 nitrogen and oxygen atoms in total. The van der Waals surface area contributed by atoms with Gasteiger partial charge < -0.3 is 18.8 Å². The molecule has 0 amide bonds. The van der Waals surface area contributed by atoms with E-state index in [-0.39, 0.29) is 6.71 Å². The average molecular weight is 680 g/mol. The Morgan fingerprint density at radius 2 is 0.943 bits per heavy atom. The Labute approximate surface area is 307 Å². The first kappa shape index (κ1) is 29.7. The highest BCUT2D eigenvalue weighted by Crippen LogP contribution is 2.46. The summed E-state index contributed by atoms with van der Waals surface area (Å²) in [5.74, 6) is 3.24. The molecule has 0 spiro atoms. The first-order valence-corrected chi connectivity index (χ1v) is 17.9. The van der Waals surface area contributed by atoms with Crippen molar-refractivity contribution in [2.45, 2.75) is 0 Å². The molecule has 0 atom stereocenters. The fourth-order valence-electron chi connectivity index (χ4n) is 8.14. The summed E-state index contributed by atoms with van der Waals surface area (Å²) < 4.78 is 20.5. The number of rotatable bonds is 5. The average Bonchev–Trinajstić information content (AvgIpc) is 3.61. The number of fused-ring (bicyclic) bond motifs is 7. The van der Waals surface area contributed by atoms with Crippen LogP contribution >= 0.6 is 0 Å². The largest absolute Gasteiger partial charge is 0.458 e. The van der Waals surface area contributed by atoms with Crippen molar-refractivity contribution in [2.75, 3.05) is 4.90 Å². The molecular weight excluding hydrogens is 649 g/mol. The number of nitrogens with zero attached hydrogens (tertiary/aromatic N) is 1. The second kappa shape index (κ2) is 11.8. The van der Waals surface area contributed by atoms with Crippen molar-refractivity contribution < 1.29 is 13.9 Å². The van der Waals surface area contributed by atoms with Crippen molar-refractivity contribution in [3.05, 3.63) is 182 Å². The zero-order chi connectivity index (χ0) is 34.9. The number of para-hydroxylation sites is 3. The topological polar surface area (TPSA) is 34.8 Å². The Balaban J connectivity index is 1.14. The summed E-state index contributed by atoms with van der Waals surface area (Å²) in [4.78, 5) is 2.25. The minimum absolute atomic E-state index is 0.0693. The Morgan fingerprint density at radius 3 is 1.57 bits per heavy atom. The van der Waals surface area contributed by atoms with E-state index < -0.39 is 0 Å². The Hall–Kier alpha value is -6.98. The molecule has 0 fully saturated rings. The second-order valence-electron chi connectivity index (χ2n) is 13.7. The van der Waals surface area contributed by atoms with Crippen LogP contribution in [0.25, 0.3) is 44.2 Å². The van der Waals surface area contributed by atoms with E-state index in [0.29, 0.717) is 0 Å². The van der Waals surface area contributed by atoms with E-state index >= 15 is 0 Å². The fourth-order valence-corrected chi connectivity index (χ4v) is 8.14. The summed E-state index contributed by atoms with van der Waals surface area (Å²) >= 11 is 0. The third-order valence-corrected chi connectivity index (χ3v) is 10.6. The summed E-state index contributed by atoms with van der Waals surface area (Å²) in [7, 11) is 0. The highest BCUT2D eigenvalue weighted by atomic mass is 16.5. The number of benzene rings is 8. The van der Waals surface area contributed by atoms with Gasteiger partial charge in [0.2, 0.25) is 0 Å². The van der Waals surface area contributed by atoms with Crippen LogP contribution in [0.5, 0.6) is 23.0 Å². The molecule has 53 heavy (non-hydrogen) atoms. The Kier molecular flexibility index (Phi) is 6.61. The number of ether oxygens (including phenoxy) is 2. The van der Waals surface area contributed by atoms with Crippen LogP contribution < -0.4 is 30.8 Å². The molecule has 0 saturated heterocycles. The van der Waals surface area contributed by atoms with Crippen molar-refractivity contribution in [3.8, 4) is 45.3 Å². The van der Waals surface area contributed by atoms with E-state index in [1.54, 1.807) is 0 Å². The van der Waals surface area contributed by atoms with Crippen molar-refractivity contribution in [3.63, 3.8) is 0 Å². The Bertz CT molecular complexity index is 2740. The molecule has 0 bridgehead atoms. The molecule has 5 heteroatoms. The summed E-state index contributed by atoms with van der Waals surface area (Å²) in [6, 6.07) is 63.5. The van der Waals surface area contributed by atoms with Crippen LogP contribution in [0.1, 0.15) is 0 Å². The van der Waals surface area contributed by atoms with Crippen molar-refractivity contribution in [1.29, 1.82) is 0 Å². The van der Waals surface area contributed by atoms with Crippen molar-refractivity contribution >= 4 is 62.1 Å². The minimum Gasteiger partial charge on any atom is -0.458 e. The molecule has 2 aliphatic heterocycles. The van der Waals surface area contributed by atoms with E-state index in [0.717, 1.165) is 101 Å². The van der Waals surface area contributed by atoms with Gasteiger partial charge in [0, 0.05) is 34.1 Å². The lowest BCUT2D eigenvalue weighted by atomic mass is 9.34. The predicted octanol–water partition coefficient (Wildman–Crippen LogP) is 11.1. The summed E-state index contributed by atoms with van der Waals surface area (Å²) in [6.45, 7) is -0.0693. The van der Waals surface area contributed by atoms with Crippen LogP contribution in [0.15, 0.2) is 186 Å². The van der Waals surface area contributed by atoms with Gasteiger partial charge >= 0.3 is 0 Å². The van der Waals surface area contributed by atoms with Gasteiger partial charge in [-0.05, 0) is 69.6 Å². The van der Waals surface area contributed by atoms with Gasteiger partial charge in [-0.2, -0.15) is 0 Å². The maximum atomic E-state index is 6.96. The molecule has 0 aliphatic carbocycles. The fraction of sp³-hybridized carbons (Fsp3) is 0. The lowest BCUT2D eigenvalue weighted by Crippen LogP contribution is -2.57. The van der Waals surface area contributed by atoms with E-state index in [4.69, 9.17) is 13.9 Å². The number of hydrogen-bond acceptors (Lipinski definition) is 4. The van der Waals surface area contributed by atoms with Crippen molar-refractivity contribution in [2.24, 2.45) is 0 Å². The normalized spacial score (nSPS) is 12.4. The van der Waals surface area contributed by atoms with Crippen LogP contribution in [0.3, 0.4) is 0 Å². The van der Waals surface area contributed by atoms with Crippen LogP contribution in [-0.4, -0.2) is 6.71 Å². The van der Waals surface area contributed by atoms with E-state index in [1.165, 1.54) is 0 Å². The van der Waals surface area contributed by atoms with E-state index in [9.17, 15) is 0 Å². The monoisotopic (exact) mass is 679 g/mol. The van der Waals surface area contributed by atoms with Crippen LogP contribution in [-0.2, 0) is 0 Å². The molecule has 248 valence electrons. The number of furan rings is 1. The quantitative estimate of drug-likeness (QED) is 0.170. The number of hydrogen-bond donors (Lipinski definition) is 0. The highest BCUT2D eigenvalue weighted by molar-refractivity contribution is 6.98. The standard InChI is InChI=1S/C48H30BNO3/c1-4-13-31(14-5-1)33-23-25-39-43(27-33)51-45-29-36(30-46-47(45)49(39)40-26-24-34(28-44(40)52-46)32-15-6-2-7-16-32)50(35-17-8-3-9-18-35)41-21-12-20-38-37-19-10-11-22-42(37)53-48(38)41/h1-30H. The van der Waals surface area contributed by atoms with Gasteiger partial charge in [0.05, 0.1) is 11.4 Å². The third-order valence-electron chi connectivity index (χ3n) is 10.6. The molecule has 2 aliphatic rings. The molecule has 3 heterocycles. The van der Waals surface area contributed by atoms with Crippen LogP contribution in [0.2, 0.25) is 0 Å². The molecule has 9 aromatic rings. The van der Waals surface area contributed by atoms with Gasteiger partial charge in [0.15, 0.2) is 5.58 Å². The Morgan fingerprint density at radius 1 is 0.396 bits per heavy atom. The van der Waals surface area contributed by atoms with Gasteiger partial charge in [-0.3, -0.25) is 0 Å². The second-order valence-corrected chi connectivity index (χ2v) is 13.7. The zero-order valence-corrected chi connectivity index (χ0v) is 28.6. The summed E-state index contributed by atoms with van der Waals surface area (Å²) in [6.07, 6.45) is 0. The van der Waals surface area contributed by atoms with Crippen molar-refractivity contribution in [1.82, 2.24) is 0 Å². The molecule has 0 unspecified atom stereocenters. The summed E-state index contributed by atoms with van der Waals surface area (Å²) in [5, 5.41) is 2.15. The molecule has 0 saturated carbocycles. The lowest BCUT2D eigenvalue weighted by Gasteiger charge is -2.35. The molecule has 8 aromatic carbocycles. The van der Waals surface area contributed by atoms with Gasteiger partial charge in [-0.25, -0.2) is 0 Å². The zero-order valence-electron chi connectivity index (χ0n) is 28.6. The van der Waals surface area contributed by atoms with Gasteiger partial charge in [-0.1, -0.05) is 133 Å². The third kappa shape index (κ3) is 4.78. The van der Waals surface area contributed by atoms with E-state index in [1.807, 2.05) is 30.3 Å². The molecule has 0 N–H and O–H groups in total. The molecule has 11 rings (SSSR count). The van der Waals surface area contributed by atoms with Gasteiger partial charge in [0.1, 0.15) is 28.6 Å². The van der Waals surface area contributed by atoms with Gasteiger partial charge in [0.25, 0.3) is 6.71 Å². The predicted molar refractivity (Wildman–Crippen MR) is 217 cm³/mol. The summed E-state index contributed by atoms with van der Waals surface area (Å²) in [5.41, 5.74) is 12.3. The first-order chi connectivity index (χ1) is 26.3. The molecular formula is C48H30BNO3. The minimum atomic E-state index is -0.0693. The van der Waals surface area contributed by atoms with Crippen LogP contribution in [0.4, 0.5) is 17.1 Å². The SMILES string of the molecule is c1ccc(-c2ccc3c(c2)Oc2cc(N(c4ccccc4)c4cccc5c4oc4ccccc45)cc4c2B3c2ccc(-c3ccccc3)cc2O4)cc1. The van der Waals surface area contributed by atoms with E-state index in [2.05, 4.69) is 157 Å². The first-order valence-electron chi connectivity index (χ1n) is 17.9. The number of anilines is 3. The smallest absolute Gasteiger partial charge is 0.260 e. The maximum absolute atomic E-state index is 6.96. The lowest BCUT2D eigenvalue weighted by molar-refractivity contribution is 0.465. The molecule has 1 aromatic heterocycles. The maximum Gasteiger partial charge on any atom is 0.260 e. The molecule has 0 radical (unpaired) electrons. The highest BCUT2D eigenvalue weighted by Gasteiger charge is 2.41.